The highest BCUT2D eigenvalue weighted by Crippen LogP contribution is 2.29. The van der Waals surface area contributed by atoms with Gasteiger partial charge in [0.25, 0.3) is 5.69 Å². The van der Waals surface area contributed by atoms with Gasteiger partial charge in [-0.15, -0.1) is 0 Å². The number of nitro groups is 1. The van der Waals surface area contributed by atoms with Crippen LogP contribution in [-0.4, -0.2) is 35.2 Å². The Hall–Kier alpha value is -1.40. The number of halogens is 1. The number of anilines is 1. The monoisotopic (exact) mass is 285 g/mol. The minimum Gasteiger partial charge on any atom is -0.372 e. The number of hydrogen-bond donors (Lipinski definition) is 0. The van der Waals surface area contributed by atoms with Gasteiger partial charge in [-0.1, -0.05) is 18.5 Å². The third-order valence-electron chi connectivity index (χ3n) is 3.10. The molecule has 0 N–H and O–H groups in total. The number of morpholine rings is 1. The van der Waals surface area contributed by atoms with Crippen LogP contribution in [0.5, 0.6) is 0 Å². The van der Waals surface area contributed by atoms with Crippen molar-refractivity contribution < 1.29 is 9.66 Å². The predicted octanol–water partition coefficient (Wildman–Crippen LogP) is 2.65. The third-order valence-corrected chi connectivity index (χ3v) is 3.38. The van der Waals surface area contributed by atoms with Crippen LogP contribution < -0.4 is 4.90 Å². The number of aromatic nitrogens is 1. The molecule has 0 saturated carbocycles. The van der Waals surface area contributed by atoms with Crippen LogP contribution in [0.15, 0.2) is 12.3 Å². The second-order valence-electron chi connectivity index (χ2n) is 4.64. The molecule has 0 aromatic carbocycles. The van der Waals surface area contributed by atoms with Gasteiger partial charge in [-0.05, 0) is 13.3 Å². The molecule has 104 valence electrons. The van der Waals surface area contributed by atoms with Crippen molar-refractivity contribution in [2.24, 2.45) is 0 Å². The maximum atomic E-state index is 10.7. The van der Waals surface area contributed by atoms with Gasteiger partial charge in [0.1, 0.15) is 12.0 Å². The lowest BCUT2D eigenvalue weighted by Crippen LogP contribution is -2.46. The Morgan fingerprint density at radius 3 is 2.95 bits per heavy atom. The Morgan fingerprint density at radius 1 is 1.63 bits per heavy atom. The lowest BCUT2D eigenvalue weighted by atomic mass is 10.2. The zero-order valence-corrected chi connectivity index (χ0v) is 11.6. The molecule has 0 radical (unpaired) electrons. The summed E-state index contributed by atoms with van der Waals surface area (Å²) >= 11 is 6.10. The molecule has 0 bridgehead atoms. The van der Waals surface area contributed by atoms with Crippen LogP contribution >= 0.6 is 11.6 Å². The van der Waals surface area contributed by atoms with Gasteiger partial charge < -0.3 is 9.64 Å². The van der Waals surface area contributed by atoms with Crippen LogP contribution in [0.2, 0.25) is 5.02 Å². The molecule has 2 heterocycles. The number of hydrogen-bond acceptors (Lipinski definition) is 5. The van der Waals surface area contributed by atoms with Crippen molar-refractivity contribution in [1.29, 1.82) is 0 Å². The van der Waals surface area contributed by atoms with Gasteiger partial charge in [-0.3, -0.25) is 10.1 Å². The Bertz CT molecular complexity index is 483. The zero-order chi connectivity index (χ0) is 14.0. The summed E-state index contributed by atoms with van der Waals surface area (Å²) in [6, 6.07) is 1.34. The van der Waals surface area contributed by atoms with Crippen molar-refractivity contribution in [2.75, 3.05) is 18.0 Å². The van der Waals surface area contributed by atoms with Gasteiger partial charge in [0.05, 0.1) is 22.2 Å². The Morgan fingerprint density at radius 2 is 2.37 bits per heavy atom. The van der Waals surface area contributed by atoms with Crippen molar-refractivity contribution in [3.63, 3.8) is 0 Å². The van der Waals surface area contributed by atoms with E-state index < -0.39 is 4.92 Å². The molecule has 1 aliphatic rings. The smallest absolute Gasteiger partial charge is 0.289 e. The first-order valence-corrected chi connectivity index (χ1v) is 6.59. The van der Waals surface area contributed by atoms with Gasteiger partial charge in [0.15, 0.2) is 0 Å². The van der Waals surface area contributed by atoms with Gasteiger partial charge in [0, 0.05) is 19.2 Å². The molecule has 2 rings (SSSR count). The van der Waals surface area contributed by atoms with E-state index in [1.807, 2.05) is 11.8 Å². The molecule has 0 amide bonds. The summed E-state index contributed by atoms with van der Waals surface area (Å²) < 4.78 is 5.77. The molecule has 0 aliphatic carbocycles. The van der Waals surface area contributed by atoms with E-state index in [0.717, 1.165) is 6.42 Å². The number of ether oxygens (including phenoxy) is 1. The Kier molecular flexibility index (Phi) is 4.21. The molecule has 6 nitrogen and oxygen atoms in total. The topological polar surface area (TPSA) is 68.5 Å². The SMILES string of the molecule is CCC1CN(c2ncc([N+](=O)[O-])cc2Cl)CC(C)O1. The molecule has 1 aromatic rings. The largest absolute Gasteiger partial charge is 0.372 e. The van der Waals surface area contributed by atoms with Crippen molar-refractivity contribution in [3.8, 4) is 0 Å². The molecule has 7 heteroatoms. The fourth-order valence-electron chi connectivity index (χ4n) is 2.20. The van der Waals surface area contributed by atoms with E-state index in [-0.39, 0.29) is 17.9 Å². The van der Waals surface area contributed by atoms with E-state index in [2.05, 4.69) is 11.9 Å². The summed E-state index contributed by atoms with van der Waals surface area (Å²) in [6.45, 7) is 5.44. The number of rotatable bonds is 3. The number of nitrogens with zero attached hydrogens (tertiary/aromatic N) is 3. The second kappa shape index (κ2) is 5.71. The highest BCUT2D eigenvalue weighted by molar-refractivity contribution is 6.33. The molecule has 19 heavy (non-hydrogen) atoms. The molecule has 1 saturated heterocycles. The average molecular weight is 286 g/mol. The fraction of sp³-hybridized carbons (Fsp3) is 0.583. The molecule has 2 atom stereocenters. The molecule has 1 aromatic heterocycles. The third kappa shape index (κ3) is 3.13. The van der Waals surface area contributed by atoms with Gasteiger partial charge >= 0.3 is 0 Å². The minimum atomic E-state index is -0.501. The van der Waals surface area contributed by atoms with Crippen molar-refractivity contribution in [1.82, 2.24) is 4.98 Å². The van der Waals surface area contributed by atoms with Crippen LogP contribution in [0.25, 0.3) is 0 Å². The van der Waals surface area contributed by atoms with E-state index in [4.69, 9.17) is 16.3 Å². The Labute approximate surface area is 116 Å². The lowest BCUT2D eigenvalue weighted by molar-refractivity contribution is -0.385. The standard InChI is InChI=1S/C12H16ClN3O3/c1-3-10-7-15(6-8(2)19-10)12-11(13)4-9(5-14-12)16(17)18/h4-5,8,10H,3,6-7H2,1-2H3. The lowest BCUT2D eigenvalue weighted by Gasteiger charge is -2.37. The van der Waals surface area contributed by atoms with E-state index in [9.17, 15) is 10.1 Å². The summed E-state index contributed by atoms with van der Waals surface area (Å²) in [4.78, 5) is 16.3. The van der Waals surface area contributed by atoms with Gasteiger partial charge in [-0.25, -0.2) is 4.98 Å². The first-order valence-electron chi connectivity index (χ1n) is 6.21. The zero-order valence-electron chi connectivity index (χ0n) is 10.9. The van der Waals surface area contributed by atoms with Gasteiger partial charge in [-0.2, -0.15) is 0 Å². The summed E-state index contributed by atoms with van der Waals surface area (Å²) in [7, 11) is 0. The van der Waals surface area contributed by atoms with E-state index >= 15 is 0 Å². The van der Waals surface area contributed by atoms with Crippen LogP contribution in [0.4, 0.5) is 11.5 Å². The molecule has 0 spiro atoms. The van der Waals surface area contributed by atoms with Crippen molar-refractivity contribution >= 4 is 23.1 Å². The van der Waals surface area contributed by atoms with Crippen LogP contribution in [0.1, 0.15) is 20.3 Å². The van der Waals surface area contributed by atoms with Crippen LogP contribution in [0, 0.1) is 10.1 Å². The summed E-state index contributed by atoms with van der Waals surface area (Å²) in [5, 5.41) is 11.0. The quantitative estimate of drug-likeness (QED) is 0.631. The summed E-state index contributed by atoms with van der Waals surface area (Å²) in [6.07, 6.45) is 2.37. The average Bonchev–Trinajstić information content (AvgIpc) is 2.37. The van der Waals surface area contributed by atoms with E-state index in [1.165, 1.54) is 12.3 Å². The molecule has 1 aliphatic heterocycles. The number of pyridine rings is 1. The van der Waals surface area contributed by atoms with E-state index in [0.29, 0.717) is 23.9 Å². The minimum absolute atomic E-state index is 0.0896. The van der Waals surface area contributed by atoms with Crippen LogP contribution in [0.3, 0.4) is 0 Å². The highest BCUT2D eigenvalue weighted by atomic mass is 35.5. The van der Waals surface area contributed by atoms with Crippen LogP contribution in [-0.2, 0) is 4.74 Å². The fourth-order valence-corrected chi connectivity index (χ4v) is 2.48. The van der Waals surface area contributed by atoms with Gasteiger partial charge in [0.2, 0.25) is 0 Å². The first-order chi connectivity index (χ1) is 9.01. The highest BCUT2D eigenvalue weighted by Gasteiger charge is 2.26. The maximum Gasteiger partial charge on any atom is 0.289 e. The van der Waals surface area contributed by atoms with Crippen molar-refractivity contribution in [3.05, 3.63) is 27.4 Å². The molecular formula is C12H16ClN3O3. The van der Waals surface area contributed by atoms with Crippen molar-refractivity contribution in [2.45, 2.75) is 32.5 Å². The maximum absolute atomic E-state index is 10.7. The molecular weight excluding hydrogens is 270 g/mol. The second-order valence-corrected chi connectivity index (χ2v) is 5.05. The van der Waals surface area contributed by atoms with E-state index in [1.54, 1.807) is 0 Å². The predicted molar refractivity (Wildman–Crippen MR) is 72.7 cm³/mol. The molecule has 1 fully saturated rings. The summed E-state index contributed by atoms with van der Waals surface area (Å²) in [5.41, 5.74) is -0.0953. The molecule has 2 unspecified atom stereocenters. The first kappa shape index (κ1) is 14.0. The summed E-state index contributed by atoms with van der Waals surface area (Å²) in [5.74, 6) is 0.584. The normalized spacial score (nSPS) is 23.4. The Balaban J connectivity index is 2.23.